The van der Waals surface area contributed by atoms with Gasteiger partial charge in [0.05, 0.1) is 36.3 Å². The molecule has 1 heterocycles. The number of aromatic amines is 1. The summed E-state index contributed by atoms with van der Waals surface area (Å²) in [5, 5.41) is 24.1. The Morgan fingerprint density at radius 3 is 2.49 bits per heavy atom. The van der Waals surface area contributed by atoms with Gasteiger partial charge in [0.15, 0.2) is 0 Å². The van der Waals surface area contributed by atoms with Crippen LogP contribution in [-0.4, -0.2) is 41.8 Å². The van der Waals surface area contributed by atoms with Crippen molar-refractivity contribution in [2.24, 2.45) is 5.10 Å². The molecule has 37 heavy (non-hydrogen) atoms. The monoisotopic (exact) mass is 517 g/mol. The van der Waals surface area contributed by atoms with E-state index in [2.05, 4.69) is 20.7 Å². The van der Waals surface area contributed by atoms with Crippen LogP contribution in [0, 0.1) is 6.92 Å². The smallest absolute Gasteiger partial charge is 0.342 e. The fourth-order valence-corrected chi connectivity index (χ4v) is 4.30. The molecule has 4 aromatic rings. The zero-order valence-corrected chi connectivity index (χ0v) is 21.8. The molecule has 0 saturated carbocycles. The summed E-state index contributed by atoms with van der Waals surface area (Å²) in [7, 11) is 3.06. The molecule has 1 amide bonds. The first-order valence-electron chi connectivity index (χ1n) is 11.4. The number of carbonyl (C=O) groups excluding carboxylic acids is 1. The summed E-state index contributed by atoms with van der Waals surface area (Å²) < 4.78 is 12.3. The number of rotatable bonds is 9. The van der Waals surface area contributed by atoms with E-state index in [1.165, 1.54) is 24.9 Å². The average Bonchev–Trinajstić information content (AvgIpc) is 3.35. The molecule has 0 aliphatic heterocycles. The van der Waals surface area contributed by atoms with Crippen molar-refractivity contribution >= 4 is 23.4 Å². The number of ether oxygens (including phenoxy) is 2. The van der Waals surface area contributed by atoms with E-state index in [9.17, 15) is 9.90 Å². The maximum absolute atomic E-state index is 12.6. The molecule has 3 aromatic carbocycles. The molecule has 190 valence electrons. The van der Waals surface area contributed by atoms with Crippen LogP contribution in [0.4, 0.5) is 0 Å². The van der Waals surface area contributed by atoms with E-state index >= 15 is 0 Å². The third-order valence-electron chi connectivity index (χ3n) is 5.59. The largest absolute Gasteiger partial charge is 0.870 e. The Kier molecular flexibility index (Phi) is 8.09. The Morgan fingerprint density at radius 2 is 1.81 bits per heavy atom. The highest BCUT2D eigenvalue weighted by molar-refractivity contribution is 7.99. The zero-order chi connectivity index (χ0) is 26.4. The van der Waals surface area contributed by atoms with Crippen molar-refractivity contribution in [3.05, 3.63) is 77.9 Å². The number of hydrogen-bond acceptors (Lipinski definition) is 7. The van der Waals surface area contributed by atoms with Gasteiger partial charge in [-0.1, -0.05) is 35.6 Å². The molecule has 4 rings (SSSR count). The molecule has 0 fully saturated rings. The maximum atomic E-state index is 12.6. The number of nitrogens with one attached hydrogen (secondary N) is 2. The molecular formula is C27H27N5O4S. The van der Waals surface area contributed by atoms with Crippen molar-refractivity contribution in [3.8, 4) is 34.3 Å². The molecule has 0 radical (unpaired) electrons. The number of methoxy groups -OCH3 is 2. The van der Waals surface area contributed by atoms with Crippen molar-refractivity contribution in [2.75, 3.05) is 20.0 Å². The molecule has 0 unspecified atom stereocenters. The number of hydrogen-bond donors (Lipinski definition) is 2. The third-order valence-corrected chi connectivity index (χ3v) is 6.53. The number of carbonyl (C=O) groups is 1. The molecule has 0 bridgehead atoms. The molecule has 0 saturated heterocycles. The van der Waals surface area contributed by atoms with E-state index in [4.69, 9.17) is 9.47 Å². The van der Waals surface area contributed by atoms with E-state index in [0.717, 1.165) is 28.4 Å². The standard InChI is InChI=1S/C27H27N5O4S/c1-17-5-10-21(11-6-17)32-26(19-7-12-22(35-3)13-8-19)30-31-27(32)37-16-25(34)29-28-18(2)20-9-14-23(33)24(15-20)36-4/h5-15H,16H2,1-4H3,(H2,28,29,33,34). The second-order valence-electron chi connectivity index (χ2n) is 8.14. The van der Waals surface area contributed by atoms with Gasteiger partial charge in [-0.2, -0.15) is 9.67 Å². The molecule has 9 nitrogen and oxygen atoms in total. The lowest BCUT2D eigenvalue weighted by Gasteiger charge is -2.13. The third kappa shape index (κ3) is 6.10. The Balaban J connectivity index is 1.52. The lowest BCUT2D eigenvalue weighted by Crippen LogP contribution is -2.34. The van der Waals surface area contributed by atoms with E-state index in [1.807, 2.05) is 60.0 Å². The van der Waals surface area contributed by atoms with Crippen molar-refractivity contribution in [1.82, 2.24) is 15.6 Å². The van der Waals surface area contributed by atoms with Crippen LogP contribution in [0.3, 0.4) is 0 Å². The average molecular weight is 518 g/mol. The summed E-state index contributed by atoms with van der Waals surface area (Å²) in [6.07, 6.45) is 0. The Morgan fingerprint density at radius 1 is 1.08 bits per heavy atom. The van der Waals surface area contributed by atoms with Gasteiger partial charge in [-0.15, -0.1) is 5.10 Å². The van der Waals surface area contributed by atoms with Gasteiger partial charge in [-0.3, -0.25) is 4.79 Å². The van der Waals surface area contributed by atoms with E-state index in [0.29, 0.717) is 16.4 Å². The Labute approximate surface area is 219 Å². The molecule has 0 aliphatic carbocycles. The Bertz CT molecular complexity index is 1420. The lowest BCUT2D eigenvalue weighted by molar-refractivity contribution is -0.625. The number of aromatic nitrogens is 3. The van der Waals surface area contributed by atoms with Crippen molar-refractivity contribution in [1.29, 1.82) is 0 Å². The van der Waals surface area contributed by atoms with Gasteiger partial charge >= 0.3 is 5.16 Å². The van der Waals surface area contributed by atoms with E-state index < -0.39 is 0 Å². The predicted molar refractivity (Wildman–Crippen MR) is 140 cm³/mol. The molecule has 0 spiro atoms. The van der Waals surface area contributed by atoms with Gasteiger partial charge in [-0.25, -0.2) is 5.43 Å². The normalized spacial score (nSPS) is 11.3. The van der Waals surface area contributed by atoms with Gasteiger partial charge in [0, 0.05) is 5.56 Å². The van der Waals surface area contributed by atoms with E-state index in [-0.39, 0.29) is 23.2 Å². The Hall–Kier alpha value is -4.31. The fourth-order valence-electron chi connectivity index (χ4n) is 3.53. The summed E-state index contributed by atoms with van der Waals surface area (Å²) in [5.41, 5.74) is 6.77. The first-order valence-corrected chi connectivity index (χ1v) is 12.4. The minimum atomic E-state index is -0.291. The fraction of sp³-hybridized carbons (Fsp3) is 0.185. The quantitative estimate of drug-likeness (QED) is 0.152. The van der Waals surface area contributed by atoms with Crippen LogP contribution in [-0.2, 0) is 4.79 Å². The number of nitrogens with zero attached hydrogens (tertiary/aromatic N) is 3. The number of aryl methyl sites for hydroxylation is 1. The first kappa shape index (κ1) is 25.8. The highest BCUT2D eigenvalue weighted by Gasteiger charge is 2.24. The van der Waals surface area contributed by atoms with Crippen molar-refractivity contribution in [2.45, 2.75) is 19.0 Å². The summed E-state index contributed by atoms with van der Waals surface area (Å²) >= 11 is 1.29. The number of hydrazone groups is 1. The van der Waals surface area contributed by atoms with Gasteiger partial charge in [0.25, 0.3) is 11.7 Å². The summed E-state index contributed by atoms with van der Waals surface area (Å²) in [5.74, 6) is 1.35. The number of thioether (sulfide) groups is 1. The SMILES string of the molecule is COc1ccc(-c2[nH]nc(SCC(=O)N/N=C(/C)c3ccc([O-])c(OC)c3)[n+]2-c2ccc(C)cc2)cc1. The minimum Gasteiger partial charge on any atom is -0.870 e. The number of amides is 1. The topological polar surface area (TPSA) is 116 Å². The highest BCUT2D eigenvalue weighted by atomic mass is 32.2. The first-order chi connectivity index (χ1) is 17.9. The second-order valence-corrected chi connectivity index (χ2v) is 9.08. The minimum absolute atomic E-state index is 0.0956. The van der Waals surface area contributed by atoms with Crippen LogP contribution in [0.5, 0.6) is 17.2 Å². The number of benzene rings is 3. The zero-order valence-electron chi connectivity index (χ0n) is 20.9. The van der Waals surface area contributed by atoms with Gasteiger partial charge in [0.1, 0.15) is 17.2 Å². The highest BCUT2D eigenvalue weighted by Crippen LogP contribution is 2.24. The molecule has 1 aromatic heterocycles. The molecule has 2 N–H and O–H groups in total. The summed E-state index contributed by atoms with van der Waals surface area (Å²) in [6, 6.07) is 20.4. The maximum Gasteiger partial charge on any atom is 0.342 e. The summed E-state index contributed by atoms with van der Waals surface area (Å²) in [6.45, 7) is 3.77. The van der Waals surface area contributed by atoms with Crippen LogP contribution in [0.2, 0.25) is 0 Å². The second kappa shape index (κ2) is 11.6. The molecule has 10 heteroatoms. The van der Waals surface area contributed by atoms with Crippen molar-refractivity contribution in [3.63, 3.8) is 0 Å². The van der Waals surface area contributed by atoms with Gasteiger partial charge in [-0.05, 0) is 68.1 Å². The number of H-pyrrole nitrogens is 1. The molecular weight excluding hydrogens is 490 g/mol. The van der Waals surface area contributed by atoms with Crippen LogP contribution in [0.15, 0.2) is 77.0 Å². The van der Waals surface area contributed by atoms with Crippen LogP contribution in [0.25, 0.3) is 17.1 Å². The van der Waals surface area contributed by atoms with E-state index in [1.54, 1.807) is 26.2 Å². The predicted octanol–water partition coefficient (Wildman–Crippen LogP) is 3.39. The van der Waals surface area contributed by atoms with Gasteiger partial charge in [0.2, 0.25) is 0 Å². The summed E-state index contributed by atoms with van der Waals surface area (Å²) in [4.78, 5) is 12.6. The van der Waals surface area contributed by atoms with Crippen LogP contribution in [0.1, 0.15) is 18.1 Å². The molecule has 0 aliphatic rings. The molecule has 0 atom stereocenters. The van der Waals surface area contributed by atoms with Gasteiger partial charge < -0.3 is 14.6 Å². The van der Waals surface area contributed by atoms with Crippen molar-refractivity contribution < 1.29 is 23.9 Å². The lowest BCUT2D eigenvalue weighted by atomic mass is 10.1. The van der Waals surface area contributed by atoms with Crippen LogP contribution >= 0.6 is 11.8 Å². The van der Waals surface area contributed by atoms with Crippen LogP contribution < -0.4 is 24.6 Å².